The molecule has 33 heavy (non-hydrogen) atoms. The second-order valence-corrected chi connectivity index (χ2v) is 9.84. The fourth-order valence-electron chi connectivity index (χ4n) is 3.61. The third-order valence-electron chi connectivity index (χ3n) is 5.44. The summed E-state index contributed by atoms with van der Waals surface area (Å²) in [7, 11) is -4.11. The second kappa shape index (κ2) is 9.52. The fraction of sp³-hybridized carbons (Fsp3) is 0.364. The fourth-order valence-corrected chi connectivity index (χ4v) is 5.12. The molecule has 1 fully saturated rings. The van der Waals surface area contributed by atoms with Crippen molar-refractivity contribution in [2.45, 2.75) is 37.8 Å². The minimum atomic E-state index is -4.65. The van der Waals surface area contributed by atoms with Crippen LogP contribution in [-0.2, 0) is 25.8 Å². The van der Waals surface area contributed by atoms with Gasteiger partial charge in [0, 0.05) is 37.3 Å². The van der Waals surface area contributed by atoms with Crippen molar-refractivity contribution in [2.24, 2.45) is 5.92 Å². The number of piperidine rings is 1. The van der Waals surface area contributed by atoms with Gasteiger partial charge in [0.2, 0.25) is 21.8 Å². The molecule has 0 radical (unpaired) electrons. The maximum atomic E-state index is 13.0. The van der Waals surface area contributed by atoms with Gasteiger partial charge < -0.3 is 10.6 Å². The number of hydrogen-bond acceptors (Lipinski definition) is 4. The number of halogens is 3. The van der Waals surface area contributed by atoms with Gasteiger partial charge in [-0.2, -0.15) is 17.5 Å². The van der Waals surface area contributed by atoms with Crippen molar-refractivity contribution in [2.75, 3.05) is 23.7 Å². The molecule has 1 aliphatic heterocycles. The van der Waals surface area contributed by atoms with E-state index in [-0.39, 0.29) is 37.7 Å². The number of aryl methyl sites for hydroxylation is 1. The van der Waals surface area contributed by atoms with E-state index in [9.17, 15) is 31.2 Å². The topological polar surface area (TPSA) is 95.6 Å². The number of amides is 2. The lowest BCUT2D eigenvalue weighted by molar-refractivity contribution is -0.137. The largest absolute Gasteiger partial charge is 0.416 e. The van der Waals surface area contributed by atoms with E-state index in [0.717, 1.165) is 28.1 Å². The Kier molecular flexibility index (Phi) is 7.13. The summed E-state index contributed by atoms with van der Waals surface area (Å²) in [5.74, 6) is -0.983. The van der Waals surface area contributed by atoms with E-state index < -0.39 is 32.6 Å². The van der Waals surface area contributed by atoms with E-state index in [4.69, 9.17) is 0 Å². The molecule has 178 valence electrons. The molecule has 0 aromatic heterocycles. The van der Waals surface area contributed by atoms with Crippen LogP contribution >= 0.6 is 0 Å². The molecule has 11 heteroatoms. The summed E-state index contributed by atoms with van der Waals surface area (Å²) in [5.41, 5.74) is 0.863. The highest BCUT2D eigenvalue weighted by Gasteiger charge is 2.35. The number of alkyl halides is 3. The quantitative estimate of drug-likeness (QED) is 0.672. The maximum Gasteiger partial charge on any atom is 0.416 e. The van der Waals surface area contributed by atoms with Crippen LogP contribution in [0.15, 0.2) is 47.4 Å². The van der Waals surface area contributed by atoms with Gasteiger partial charge in [-0.1, -0.05) is 12.1 Å². The Hall–Kier alpha value is -2.92. The van der Waals surface area contributed by atoms with Gasteiger partial charge >= 0.3 is 6.18 Å². The van der Waals surface area contributed by atoms with Crippen molar-refractivity contribution >= 4 is 33.2 Å². The number of nitrogens with one attached hydrogen (secondary N) is 2. The SMILES string of the molecule is CC(=O)Nc1cc(NC(=O)C2CCN(S(=O)(=O)c3cccc(C(F)(F)F)c3)CC2)ccc1C. The predicted molar refractivity (Wildman–Crippen MR) is 117 cm³/mol. The summed E-state index contributed by atoms with van der Waals surface area (Å²) in [5, 5.41) is 5.46. The molecular formula is C22H24F3N3O4S. The van der Waals surface area contributed by atoms with Crippen LogP contribution in [-0.4, -0.2) is 37.6 Å². The molecule has 2 N–H and O–H groups in total. The first-order chi connectivity index (χ1) is 15.4. The van der Waals surface area contributed by atoms with Crippen LogP contribution in [0.3, 0.4) is 0 Å². The van der Waals surface area contributed by atoms with Gasteiger partial charge in [-0.15, -0.1) is 0 Å². The van der Waals surface area contributed by atoms with Crippen molar-refractivity contribution in [3.63, 3.8) is 0 Å². The summed E-state index contributed by atoms with van der Waals surface area (Å²) in [6, 6.07) is 8.73. The lowest BCUT2D eigenvalue weighted by atomic mass is 9.97. The number of nitrogens with zero attached hydrogens (tertiary/aromatic N) is 1. The third kappa shape index (κ3) is 5.91. The summed E-state index contributed by atoms with van der Waals surface area (Å²) < 4.78 is 65.6. The zero-order chi connectivity index (χ0) is 24.4. The summed E-state index contributed by atoms with van der Waals surface area (Å²) in [6.45, 7) is 3.23. The normalized spacial score (nSPS) is 15.8. The molecule has 0 saturated carbocycles. The van der Waals surface area contributed by atoms with Gasteiger partial charge in [-0.25, -0.2) is 8.42 Å². The van der Waals surface area contributed by atoms with Crippen molar-refractivity contribution in [1.82, 2.24) is 4.31 Å². The maximum absolute atomic E-state index is 13.0. The highest BCUT2D eigenvalue weighted by molar-refractivity contribution is 7.89. The van der Waals surface area contributed by atoms with Crippen LogP contribution in [0.2, 0.25) is 0 Å². The van der Waals surface area contributed by atoms with Gasteiger partial charge in [0.05, 0.1) is 10.5 Å². The van der Waals surface area contributed by atoms with E-state index >= 15 is 0 Å². The minimum absolute atomic E-state index is 0.0156. The summed E-state index contributed by atoms with van der Waals surface area (Å²) in [6.07, 6.45) is -4.19. The second-order valence-electron chi connectivity index (χ2n) is 7.90. The highest BCUT2D eigenvalue weighted by Crippen LogP contribution is 2.32. The molecule has 2 aromatic carbocycles. The minimum Gasteiger partial charge on any atom is -0.326 e. The molecule has 1 aliphatic rings. The van der Waals surface area contributed by atoms with E-state index in [1.54, 1.807) is 18.2 Å². The van der Waals surface area contributed by atoms with Gasteiger partial charge in [0.25, 0.3) is 0 Å². The zero-order valence-electron chi connectivity index (χ0n) is 18.1. The Morgan fingerprint density at radius 2 is 1.70 bits per heavy atom. The van der Waals surface area contributed by atoms with E-state index in [0.29, 0.717) is 17.4 Å². The molecule has 7 nitrogen and oxygen atoms in total. The number of sulfonamides is 1. The van der Waals surface area contributed by atoms with Crippen LogP contribution in [0.25, 0.3) is 0 Å². The van der Waals surface area contributed by atoms with Crippen molar-refractivity contribution in [3.05, 3.63) is 53.6 Å². The molecule has 3 rings (SSSR count). The highest BCUT2D eigenvalue weighted by atomic mass is 32.2. The molecule has 1 saturated heterocycles. The predicted octanol–water partition coefficient (Wildman–Crippen LogP) is 4.01. The van der Waals surface area contributed by atoms with Gasteiger partial charge in [0.1, 0.15) is 0 Å². The molecular weight excluding hydrogens is 459 g/mol. The van der Waals surface area contributed by atoms with Gasteiger partial charge in [0.15, 0.2) is 0 Å². The number of hydrogen-bond donors (Lipinski definition) is 2. The zero-order valence-corrected chi connectivity index (χ0v) is 18.9. The molecule has 2 amide bonds. The lowest BCUT2D eigenvalue weighted by Gasteiger charge is -2.30. The number of anilines is 2. The Morgan fingerprint density at radius 1 is 1.03 bits per heavy atom. The average Bonchev–Trinajstić information content (AvgIpc) is 2.75. The van der Waals surface area contributed by atoms with Gasteiger partial charge in [-0.05, 0) is 55.7 Å². The molecule has 2 aromatic rings. The first-order valence-corrected chi connectivity index (χ1v) is 11.7. The first kappa shape index (κ1) is 24.7. The van der Waals surface area contributed by atoms with Crippen molar-refractivity contribution < 1.29 is 31.2 Å². The standard InChI is InChI=1S/C22H24F3N3O4S/c1-14-6-7-18(13-20(14)26-15(2)29)27-21(30)16-8-10-28(11-9-16)33(31,32)19-5-3-4-17(12-19)22(23,24)25/h3-7,12-13,16H,8-11H2,1-2H3,(H,26,29)(H,27,30). The Morgan fingerprint density at radius 3 is 2.30 bits per heavy atom. The van der Waals surface area contributed by atoms with Crippen molar-refractivity contribution in [1.29, 1.82) is 0 Å². The molecule has 0 atom stereocenters. The average molecular weight is 484 g/mol. The monoisotopic (exact) mass is 483 g/mol. The third-order valence-corrected chi connectivity index (χ3v) is 7.33. The Balaban J connectivity index is 1.65. The van der Waals surface area contributed by atoms with E-state index in [2.05, 4.69) is 10.6 Å². The number of benzene rings is 2. The van der Waals surface area contributed by atoms with Crippen molar-refractivity contribution in [3.8, 4) is 0 Å². The van der Waals surface area contributed by atoms with Crippen LogP contribution in [0.1, 0.15) is 30.9 Å². The first-order valence-electron chi connectivity index (χ1n) is 10.2. The Labute approximate surface area is 190 Å². The molecule has 0 unspecified atom stereocenters. The van der Waals surface area contributed by atoms with Crippen LogP contribution in [0, 0.1) is 12.8 Å². The lowest BCUT2D eigenvalue weighted by Crippen LogP contribution is -2.41. The van der Waals surface area contributed by atoms with Crippen LogP contribution in [0.4, 0.5) is 24.5 Å². The number of carbonyl (C=O) groups is 2. The van der Waals surface area contributed by atoms with Crippen LogP contribution < -0.4 is 10.6 Å². The molecule has 0 aliphatic carbocycles. The number of carbonyl (C=O) groups excluding carboxylic acids is 2. The number of rotatable bonds is 5. The van der Waals surface area contributed by atoms with Gasteiger partial charge in [-0.3, -0.25) is 9.59 Å². The summed E-state index contributed by atoms with van der Waals surface area (Å²) in [4.78, 5) is 23.6. The smallest absolute Gasteiger partial charge is 0.326 e. The molecule has 1 heterocycles. The summed E-state index contributed by atoms with van der Waals surface area (Å²) >= 11 is 0. The van der Waals surface area contributed by atoms with Crippen LogP contribution in [0.5, 0.6) is 0 Å². The van der Waals surface area contributed by atoms with E-state index in [1.165, 1.54) is 6.92 Å². The Bertz CT molecular complexity index is 1160. The molecule has 0 spiro atoms. The molecule has 0 bridgehead atoms. The van der Waals surface area contributed by atoms with E-state index in [1.807, 2.05) is 6.92 Å².